The average Bonchev–Trinajstić information content (AvgIpc) is 3.14. The van der Waals surface area contributed by atoms with Crippen molar-refractivity contribution < 1.29 is 4.74 Å². The molecule has 28 heavy (non-hydrogen) atoms. The van der Waals surface area contributed by atoms with Crippen LogP contribution in [0.15, 0.2) is 76.3 Å². The molecule has 0 spiro atoms. The number of hydrazone groups is 1. The van der Waals surface area contributed by atoms with Crippen molar-refractivity contribution in [1.82, 2.24) is 5.01 Å². The zero-order chi connectivity index (χ0) is 19.3. The van der Waals surface area contributed by atoms with E-state index in [9.17, 15) is 0 Å². The molecule has 2 aliphatic rings. The highest BCUT2D eigenvalue weighted by Crippen LogP contribution is 2.48. The molecule has 0 radical (unpaired) electrons. The van der Waals surface area contributed by atoms with Crippen molar-refractivity contribution in [1.29, 1.82) is 0 Å². The molecule has 0 aliphatic carbocycles. The summed E-state index contributed by atoms with van der Waals surface area (Å²) in [6, 6.07) is 21.8. The van der Waals surface area contributed by atoms with Gasteiger partial charge in [-0.25, -0.2) is 5.01 Å². The molecule has 3 nitrogen and oxygen atoms in total. The van der Waals surface area contributed by atoms with Gasteiger partial charge >= 0.3 is 0 Å². The molecule has 0 saturated heterocycles. The maximum atomic E-state index is 6.34. The molecule has 0 unspecified atom stereocenters. The van der Waals surface area contributed by atoms with Crippen LogP contribution in [0.2, 0.25) is 10.0 Å². The fourth-order valence-corrected chi connectivity index (χ4v) is 4.40. The van der Waals surface area contributed by atoms with Gasteiger partial charge in [-0.1, -0.05) is 63.4 Å². The molecule has 3 aromatic rings. The molecule has 140 valence electrons. The Morgan fingerprint density at radius 1 is 0.964 bits per heavy atom. The fourth-order valence-electron chi connectivity index (χ4n) is 3.76. The number of rotatable bonds is 2. The maximum Gasteiger partial charge on any atom is 0.213 e. The molecule has 0 aromatic heterocycles. The molecule has 5 rings (SSSR count). The molecule has 2 aliphatic heterocycles. The SMILES string of the molecule is Clc1cccc([C@H]2Oc3ccc(Cl)cc3[C@@H]3CC(c4ccc(Br)cc4)=NN23)c1. The van der Waals surface area contributed by atoms with E-state index < -0.39 is 0 Å². The van der Waals surface area contributed by atoms with E-state index in [1.165, 1.54) is 0 Å². The van der Waals surface area contributed by atoms with Crippen molar-refractivity contribution >= 4 is 44.8 Å². The lowest BCUT2D eigenvalue weighted by Gasteiger charge is -2.38. The van der Waals surface area contributed by atoms with E-state index in [4.69, 9.17) is 33.0 Å². The summed E-state index contributed by atoms with van der Waals surface area (Å²) in [6.45, 7) is 0. The van der Waals surface area contributed by atoms with Crippen LogP contribution in [0.4, 0.5) is 0 Å². The highest BCUT2D eigenvalue weighted by Gasteiger charge is 2.41. The Morgan fingerprint density at radius 2 is 1.75 bits per heavy atom. The number of hydrogen-bond acceptors (Lipinski definition) is 3. The third kappa shape index (κ3) is 3.20. The molecule has 2 atom stereocenters. The second-order valence-corrected chi connectivity index (χ2v) is 8.65. The Bertz CT molecular complexity index is 1080. The summed E-state index contributed by atoms with van der Waals surface area (Å²) in [7, 11) is 0. The normalized spacial score (nSPS) is 20.2. The van der Waals surface area contributed by atoms with Gasteiger partial charge in [-0.05, 0) is 48.0 Å². The van der Waals surface area contributed by atoms with E-state index >= 15 is 0 Å². The molecular weight excluding hydrogens is 459 g/mol. The van der Waals surface area contributed by atoms with Crippen LogP contribution in [0, 0.1) is 0 Å². The van der Waals surface area contributed by atoms with Crippen LogP contribution < -0.4 is 4.74 Å². The highest BCUT2D eigenvalue weighted by molar-refractivity contribution is 9.10. The zero-order valence-corrected chi connectivity index (χ0v) is 17.7. The van der Waals surface area contributed by atoms with Crippen LogP contribution in [-0.4, -0.2) is 10.7 Å². The maximum absolute atomic E-state index is 6.34. The van der Waals surface area contributed by atoms with Gasteiger partial charge in [-0.3, -0.25) is 0 Å². The Hall–Kier alpha value is -2.01. The molecule has 2 heterocycles. The molecule has 3 aromatic carbocycles. The van der Waals surface area contributed by atoms with Gasteiger partial charge in [0.15, 0.2) is 0 Å². The fraction of sp³-hybridized carbons (Fsp3) is 0.136. The van der Waals surface area contributed by atoms with E-state index in [0.29, 0.717) is 10.0 Å². The smallest absolute Gasteiger partial charge is 0.213 e. The summed E-state index contributed by atoms with van der Waals surface area (Å²) in [5.74, 6) is 0.836. The number of benzene rings is 3. The minimum absolute atomic E-state index is 0.0603. The molecule has 0 amide bonds. The molecule has 0 N–H and O–H groups in total. The summed E-state index contributed by atoms with van der Waals surface area (Å²) in [6.07, 6.45) is 0.445. The van der Waals surface area contributed by atoms with Crippen LogP contribution in [0.5, 0.6) is 5.75 Å². The Kier molecular flexibility index (Phi) is 4.58. The van der Waals surface area contributed by atoms with Crippen molar-refractivity contribution in [2.24, 2.45) is 5.10 Å². The largest absolute Gasteiger partial charge is 0.464 e. The monoisotopic (exact) mass is 472 g/mol. The van der Waals surface area contributed by atoms with Gasteiger partial charge in [-0.15, -0.1) is 0 Å². The Labute approximate surface area is 181 Å². The standard InChI is InChI=1S/C22H15BrCl2N2O/c23-15-6-4-13(5-7-15)19-12-20-18-11-17(25)8-9-21(18)28-22(27(20)26-19)14-2-1-3-16(24)10-14/h1-11,20,22H,12H2/t20-,22+/m0/s1. The van der Waals surface area contributed by atoms with Gasteiger partial charge in [0.05, 0.1) is 11.8 Å². The van der Waals surface area contributed by atoms with Gasteiger partial charge < -0.3 is 4.74 Å². The average molecular weight is 474 g/mol. The van der Waals surface area contributed by atoms with Crippen LogP contribution in [-0.2, 0) is 0 Å². The minimum Gasteiger partial charge on any atom is -0.464 e. The first-order chi connectivity index (χ1) is 13.6. The van der Waals surface area contributed by atoms with Gasteiger partial charge in [-0.2, -0.15) is 5.10 Å². The lowest BCUT2D eigenvalue weighted by Crippen LogP contribution is -2.33. The first-order valence-corrected chi connectivity index (χ1v) is 10.5. The number of hydrogen-bond donors (Lipinski definition) is 0. The van der Waals surface area contributed by atoms with E-state index in [2.05, 4.69) is 28.1 Å². The number of nitrogens with zero attached hydrogens (tertiary/aromatic N) is 2. The van der Waals surface area contributed by atoms with Gasteiger partial charge in [0.1, 0.15) is 5.75 Å². The summed E-state index contributed by atoms with van der Waals surface area (Å²) >= 11 is 16.0. The first-order valence-electron chi connectivity index (χ1n) is 8.92. The molecule has 0 bridgehead atoms. The third-order valence-corrected chi connectivity index (χ3v) is 6.06. The number of halogens is 3. The predicted octanol–water partition coefficient (Wildman–Crippen LogP) is 7.00. The van der Waals surface area contributed by atoms with Crippen molar-refractivity contribution in [2.75, 3.05) is 0 Å². The number of ether oxygens (including phenoxy) is 1. The Balaban J connectivity index is 1.61. The quantitative estimate of drug-likeness (QED) is 0.400. The zero-order valence-electron chi connectivity index (χ0n) is 14.6. The molecule has 0 saturated carbocycles. The predicted molar refractivity (Wildman–Crippen MR) is 116 cm³/mol. The topological polar surface area (TPSA) is 24.8 Å². The molecule has 0 fully saturated rings. The highest BCUT2D eigenvalue weighted by atomic mass is 79.9. The Morgan fingerprint density at radius 3 is 2.54 bits per heavy atom. The van der Waals surface area contributed by atoms with Crippen LogP contribution in [0.3, 0.4) is 0 Å². The molecular formula is C22H15BrCl2N2O. The van der Waals surface area contributed by atoms with E-state index in [1.54, 1.807) is 0 Å². The summed E-state index contributed by atoms with van der Waals surface area (Å²) in [5.41, 5.74) is 4.16. The summed E-state index contributed by atoms with van der Waals surface area (Å²) < 4.78 is 7.39. The van der Waals surface area contributed by atoms with E-state index in [0.717, 1.165) is 39.0 Å². The summed E-state index contributed by atoms with van der Waals surface area (Å²) in [5, 5.41) is 8.35. The summed E-state index contributed by atoms with van der Waals surface area (Å²) in [4.78, 5) is 0. The van der Waals surface area contributed by atoms with E-state index in [-0.39, 0.29) is 12.3 Å². The van der Waals surface area contributed by atoms with Gasteiger partial charge in [0.2, 0.25) is 6.23 Å². The second-order valence-electron chi connectivity index (χ2n) is 6.86. The van der Waals surface area contributed by atoms with E-state index in [1.807, 2.05) is 59.6 Å². The molecule has 6 heteroatoms. The van der Waals surface area contributed by atoms with Gasteiger partial charge in [0.25, 0.3) is 0 Å². The third-order valence-electron chi connectivity index (χ3n) is 5.06. The van der Waals surface area contributed by atoms with Crippen LogP contribution in [0.25, 0.3) is 0 Å². The lowest BCUT2D eigenvalue weighted by atomic mass is 9.96. The number of fused-ring (bicyclic) bond motifs is 3. The minimum atomic E-state index is -0.342. The lowest BCUT2D eigenvalue weighted by molar-refractivity contribution is -0.0190. The first kappa shape index (κ1) is 18.0. The second kappa shape index (κ2) is 7.11. The van der Waals surface area contributed by atoms with Crippen molar-refractivity contribution in [3.63, 3.8) is 0 Å². The van der Waals surface area contributed by atoms with Gasteiger partial charge in [0, 0.05) is 32.1 Å². The van der Waals surface area contributed by atoms with Crippen LogP contribution in [0.1, 0.15) is 35.4 Å². The van der Waals surface area contributed by atoms with Crippen molar-refractivity contribution in [3.8, 4) is 5.75 Å². The van der Waals surface area contributed by atoms with Crippen molar-refractivity contribution in [2.45, 2.75) is 18.7 Å². The van der Waals surface area contributed by atoms with Crippen LogP contribution >= 0.6 is 39.1 Å². The van der Waals surface area contributed by atoms with Crippen molar-refractivity contribution in [3.05, 3.63) is 97.9 Å².